The maximum absolute atomic E-state index is 9.92. The minimum Gasteiger partial charge on any atom is -0.507 e. The van der Waals surface area contributed by atoms with Crippen LogP contribution < -0.4 is 10.6 Å². The normalized spacial score (nSPS) is 10.5. The van der Waals surface area contributed by atoms with E-state index in [0.717, 1.165) is 22.1 Å². The number of fused-ring (bicyclic) bond motifs is 1. The molecule has 6 heteroatoms. The lowest BCUT2D eigenvalue weighted by atomic mass is 10.1. The van der Waals surface area contributed by atoms with Crippen LogP contribution in [0, 0.1) is 0 Å². The molecule has 3 nitrogen and oxygen atoms in total. The summed E-state index contributed by atoms with van der Waals surface area (Å²) in [6, 6.07) is 16.1. The molecule has 0 saturated carbocycles. The lowest BCUT2D eigenvalue weighted by molar-refractivity contribution is 0.481. The van der Waals surface area contributed by atoms with Crippen LogP contribution >= 0.6 is 35.4 Å². The largest absolute Gasteiger partial charge is 0.507 e. The molecular weight excluding hydrogens is 351 g/mol. The first kappa shape index (κ1) is 15.9. The van der Waals surface area contributed by atoms with Gasteiger partial charge in [-0.1, -0.05) is 47.5 Å². The smallest absolute Gasteiger partial charge is 0.175 e. The molecule has 0 aliphatic rings. The van der Waals surface area contributed by atoms with Gasteiger partial charge in [-0.05, 0) is 42.5 Å². The van der Waals surface area contributed by atoms with Crippen LogP contribution in [0.25, 0.3) is 10.8 Å². The standard InChI is InChI=1S/C17H12Cl2N2OS/c18-13-8-7-10(9-14(13)19)20-17(23)21-15-5-1-4-12-11(15)3-2-6-16(12)22/h1-9,22H,(H2,20,21,23). The molecule has 0 atom stereocenters. The number of aromatic hydroxyl groups is 1. The van der Waals surface area contributed by atoms with Crippen LogP contribution in [0.5, 0.6) is 5.75 Å². The zero-order chi connectivity index (χ0) is 16.4. The van der Waals surface area contributed by atoms with Crippen LogP contribution in [0.2, 0.25) is 10.0 Å². The van der Waals surface area contributed by atoms with Gasteiger partial charge in [-0.3, -0.25) is 0 Å². The lowest BCUT2D eigenvalue weighted by Crippen LogP contribution is -2.19. The molecule has 23 heavy (non-hydrogen) atoms. The van der Waals surface area contributed by atoms with E-state index in [1.165, 1.54) is 0 Å². The van der Waals surface area contributed by atoms with Crippen molar-refractivity contribution >= 4 is 62.7 Å². The maximum Gasteiger partial charge on any atom is 0.175 e. The number of benzene rings is 3. The molecule has 3 N–H and O–H groups in total. The van der Waals surface area contributed by atoms with Crippen LogP contribution in [0.1, 0.15) is 0 Å². The van der Waals surface area contributed by atoms with E-state index in [1.54, 1.807) is 30.3 Å². The molecule has 0 aliphatic heterocycles. The van der Waals surface area contributed by atoms with Crippen molar-refractivity contribution < 1.29 is 5.11 Å². The van der Waals surface area contributed by atoms with Crippen LogP contribution in [0.15, 0.2) is 54.6 Å². The van der Waals surface area contributed by atoms with Crippen molar-refractivity contribution in [3.05, 3.63) is 64.6 Å². The van der Waals surface area contributed by atoms with Crippen LogP contribution in [0.4, 0.5) is 11.4 Å². The molecular formula is C17H12Cl2N2OS. The van der Waals surface area contributed by atoms with E-state index in [0.29, 0.717) is 15.2 Å². The first-order valence-corrected chi connectivity index (χ1v) is 7.95. The monoisotopic (exact) mass is 362 g/mol. The second-order valence-corrected chi connectivity index (χ2v) is 6.11. The summed E-state index contributed by atoms with van der Waals surface area (Å²) in [5, 5.41) is 19.1. The summed E-state index contributed by atoms with van der Waals surface area (Å²) in [6.07, 6.45) is 0. The molecule has 3 aromatic rings. The Hall–Kier alpha value is -2.01. The number of anilines is 2. The third kappa shape index (κ3) is 3.50. The van der Waals surface area contributed by atoms with Crippen molar-refractivity contribution in [2.75, 3.05) is 10.6 Å². The number of hydrogen-bond donors (Lipinski definition) is 3. The SMILES string of the molecule is Oc1cccc2c(NC(=S)Nc3ccc(Cl)c(Cl)c3)cccc12. The molecule has 0 saturated heterocycles. The number of phenolic OH excluding ortho intramolecular Hbond substituents is 1. The molecule has 0 fully saturated rings. The van der Waals surface area contributed by atoms with Crippen molar-refractivity contribution in [1.82, 2.24) is 0 Å². The van der Waals surface area contributed by atoms with Crippen LogP contribution in [-0.4, -0.2) is 10.2 Å². The first-order chi connectivity index (χ1) is 11.0. The van der Waals surface area contributed by atoms with Gasteiger partial charge < -0.3 is 15.7 Å². The average Bonchev–Trinajstić information content (AvgIpc) is 2.52. The summed E-state index contributed by atoms with van der Waals surface area (Å²) in [6.45, 7) is 0. The predicted molar refractivity (Wildman–Crippen MR) is 102 cm³/mol. The van der Waals surface area contributed by atoms with E-state index in [4.69, 9.17) is 35.4 Å². The Morgan fingerprint density at radius 3 is 2.39 bits per heavy atom. The highest BCUT2D eigenvalue weighted by atomic mass is 35.5. The van der Waals surface area contributed by atoms with Crippen molar-refractivity contribution in [3.63, 3.8) is 0 Å². The molecule has 0 aromatic heterocycles. The molecule has 0 bridgehead atoms. The van der Waals surface area contributed by atoms with Gasteiger partial charge in [0.05, 0.1) is 10.0 Å². The topological polar surface area (TPSA) is 44.3 Å². The number of nitrogens with one attached hydrogen (secondary N) is 2. The Bertz CT molecular complexity index is 899. The number of hydrogen-bond acceptors (Lipinski definition) is 2. The van der Waals surface area contributed by atoms with Crippen LogP contribution in [0.3, 0.4) is 0 Å². The average molecular weight is 363 g/mol. The van der Waals surface area contributed by atoms with Gasteiger partial charge in [-0.2, -0.15) is 0 Å². The second-order valence-electron chi connectivity index (χ2n) is 4.89. The summed E-state index contributed by atoms with van der Waals surface area (Å²) in [5.74, 6) is 0.231. The van der Waals surface area contributed by atoms with E-state index < -0.39 is 0 Å². The van der Waals surface area contributed by atoms with Crippen molar-refractivity contribution in [2.45, 2.75) is 0 Å². The molecule has 0 heterocycles. The van der Waals surface area contributed by atoms with Crippen molar-refractivity contribution in [3.8, 4) is 5.75 Å². The molecule has 3 aromatic carbocycles. The third-order valence-electron chi connectivity index (χ3n) is 3.32. The van der Waals surface area contributed by atoms with E-state index in [-0.39, 0.29) is 5.75 Å². The van der Waals surface area contributed by atoms with Gasteiger partial charge in [0.15, 0.2) is 5.11 Å². The minimum absolute atomic E-state index is 0.231. The molecule has 3 rings (SSSR count). The highest BCUT2D eigenvalue weighted by Crippen LogP contribution is 2.30. The van der Waals surface area contributed by atoms with Crippen LogP contribution in [-0.2, 0) is 0 Å². The first-order valence-electron chi connectivity index (χ1n) is 6.78. The molecule has 0 amide bonds. The van der Waals surface area contributed by atoms with Gasteiger partial charge in [0.2, 0.25) is 0 Å². The maximum atomic E-state index is 9.92. The molecule has 0 spiro atoms. The fraction of sp³-hybridized carbons (Fsp3) is 0. The van der Waals surface area contributed by atoms with E-state index in [1.807, 2.05) is 24.3 Å². The summed E-state index contributed by atoms with van der Waals surface area (Å²) >= 11 is 17.2. The number of halogens is 2. The second kappa shape index (κ2) is 6.62. The van der Waals surface area contributed by atoms with Gasteiger partial charge >= 0.3 is 0 Å². The van der Waals surface area contributed by atoms with E-state index >= 15 is 0 Å². The van der Waals surface area contributed by atoms with Gasteiger partial charge in [-0.25, -0.2) is 0 Å². The van der Waals surface area contributed by atoms with Crippen molar-refractivity contribution in [1.29, 1.82) is 0 Å². The Balaban J connectivity index is 1.83. The van der Waals surface area contributed by atoms with Crippen molar-refractivity contribution in [2.24, 2.45) is 0 Å². The third-order valence-corrected chi connectivity index (χ3v) is 4.27. The zero-order valence-electron chi connectivity index (χ0n) is 11.8. The highest BCUT2D eigenvalue weighted by Gasteiger charge is 2.06. The Morgan fingerprint density at radius 1 is 0.870 bits per heavy atom. The summed E-state index contributed by atoms with van der Waals surface area (Å²) in [5.41, 5.74) is 1.54. The molecule has 0 radical (unpaired) electrons. The van der Waals surface area contributed by atoms with Gasteiger partial charge in [-0.15, -0.1) is 0 Å². The Labute approximate surface area is 148 Å². The Morgan fingerprint density at radius 2 is 1.61 bits per heavy atom. The zero-order valence-corrected chi connectivity index (χ0v) is 14.1. The fourth-order valence-electron chi connectivity index (χ4n) is 2.26. The number of rotatable bonds is 2. The van der Waals surface area contributed by atoms with Gasteiger partial charge in [0.1, 0.15) is 5.75 Å². The lowest BCUT2D eigenvalue weighted by Gasteiger charge is -2.13. The quantitative estimate of drug-likeness (QED) is 0.514. The predicted octanol–water partition coefficient (Wildman–Crippen LogP) is 5.66. The molecule has 116 valence electrons. The van der Waals surface area contributed by atoms with E-state index in [9.17, 15) is 5.11 Å². The van der Waals surface area contributed by atoms with Gasteiger partial charge in [0.25, 0.3) is 0 Å². The van der Waals surface area contributed by atoms with E-state index in [2.05, 4.69) is 10.6 Å². The summed E-state index contributed by atoms with van der Waals surface area (Å²) in [4.78, 5) is 0. The minimum atomic E-state index is 0.231. The van der Waals surface area contributed by atoms with Gasteiger partial charge in [0, 0.05) is 22.1 Å². The number of phenols is 1. The summed E-state index contributed by atoms with van der Waals surface area (Å²) in [7, 11) is 0. The molecule has 0 aliphatic carbocycles. The Kier molecular flexibility index (Phi) is 4.57. The highest BCUT2D eigenvalue weighted by molar-refractivity contribution is 7.80. The number of thiocarbonyl (C=S) groups is 1. The molecule has 0 unspecified atom stereocenters. The summed E-state index contributed by atoms with van der Waals surface area (Å²) < 4.78 is 0. The fourth-order valence-corrected chi connectivity index (χ4v) is 2.79.